The van der Waals surface area contributed by atoms with E-state index >= 15 is 0 Å². The van der Waals surface area contributed by atoms with Gasteiger partial charge < -0.3 is 8.98 Å². The monoisotopic (exact) mass is 505 g/mol. The minimum Gasteiger partial charge on any atom is -0.455 e. The molecule has 3 nitrogen and oxygen atoms in total. The molecule has 188 valence electrons. The van der Waals surface area contributed by atoms with Gasteiger partial charge in [-0.15, -0.1) is 0 Å². The molecule has 8 rings (SSSR count). The van der Waals surface area contributed by atoms with Crippen molar-refractivity contribution in [2.45, 2.75) is 33.1 Å². The Morgan fingerprint density at radius 2 is 1.51 bits per heavy atom. The average molecular weight is 506 g/mol. The third-order valence-corrected chi connectivity index (χ3v) is 8.70. The van der Waals surface area contributed by atoms with Crippen LogP contribution in [-0.4, -0.2) is 4.57 Å². The van der Waals surface area contributed by atoms with Crippen molar-refractivity contribution in [3.05, 3.63) is 123 Å². The first-order valence-electron chi connectivity index (χ1n) is 13.5. The van der Waals surface area contributed by atoms with Crippen LogP contribution in [0.3, 0.4) is 0 Å². The Kier molecular flexibility index (Phi) is 4.29. The van der Waals surface area contributed by atoms with Crippen LogP contribution < -0.4 is 5.43 Å². The molecule has 1 aliphatic rings. The summed E-state index contributed by atoms with van der Waals surface area (Å²) in [6.07, 6.45) is 0. The summed E-state index contributed by atoms with van der Waals surface area (Å²) < 4.78 is 8.73. The van der Waals surface area contributed by atoms with Crippen LogP contribution in [0.25, 0.3) is 60.6 Å². The zero-order valence-corrected chi connectivity index (χ0v) is 22.4. The van der Waals surface area contributed by atoms with E-state index in [4.69, 9.17) is 4.42 Å². The first kappa shape index (κ1) is 22.4. The molecular formula is C36H27NO2. The fourth-order valence-corrected chi connectivity index (χ4v) is 7.05. The lowest BCUT2D eigenvalue weighted by molar-refractivity contribution is 0.656. The van der Waals surface area contributed by atoms with Gasteiger partial charge in [0, 0.05) is 27.9 Å². The summed E-state index contributed by atoms with van der Waals surface area (Å²) in [5.74, 6) is 0. The Labute approximate surface area is 225 Å². The van der Waals surface area contributed by atoms with Crippen LogP contribution in [0.5, 0.6) is 0 Å². The number of rotatable bonds is 1. The van der Waals surface area contributed by atoms with Crippen LogP contribution in [0.2, 0.25) is 0 Å². The molecule has 0 N–H and O–H groups in total. The second-order valence-corrected chi connectivity index (χ2v) is 11.5. The maximum absolute atomic E-state index is 13.5. The van der Waals surface area contributed by atoms with Gasteiger partial charge in [-0.25, -0.2) is 0 Å². The molecule has 3 heteroatoms. The molecule has 2 aromatic heterocycles. The average Bonchev–Trinajstić information content (AvgIpc) is 3.38. The maximum Gasteiger partial charge on any atom is 0.200 e. The normalized spacial score (nSPS) is 13.9. The van der Waals surface area contributed by atoms with Gasteiger partial charge >= 0.3 is 0 Å². The topological polar surface area (TPSA) is 35.1 Å². The highest BCUT2D eigenvalue weighted by Gasteiger charge is 2.37. The Hall–Kier alpha value is -4.63. The molecule has 0 unspecified atom stereocenters. The summed E-state index contributed by atoms with van der Waals surface area (Å²) in [5.41, 5.74) is 11.9. The molecule has 39 heavy (non-hydrogen) atoms. The Bertz CT molecular complexity index is 2240. The molecule has 0 bridgehead atoms. The van der Waals surface area contributed by atoms with Crippen molar-refractivity contribution in [1.29, 1.82) is 0 Å². The highest BCUT2D eigenvalue weighted by molar-refractivity contribution is 6.14. The number of benzene rings is 5. The molecule has 2 heterocycles. The van der Waals surface area contributed by atoms with E-state index in [1.165, 1.54) is 33.0 Å². The maximum atomic E-state index is 13.5. The molecule has 0 saturated heterocycles. The van der Waals surface area contributed by atoms with Gasteiger partial charge in [0.05, 0.1) is 21.8 Å². The van der Waals surface area contributed by atoms with Gasteiger partial charge in [-0.1, -0.05) is 68.4 Å². The van der Waals surface area contributed by atoms with Crippen molar-refractivity contribution in [1.82, 2.24) is 4.57 Å². The Balaban J connectivity index is 1.47. The van der Waals surface area contributed by atoms with Crippen molar-refractivity contribution in [2.75, 3.05) is 0 Å². The van der Waals surface area contributed by atoms with Crippen molar-refractivity contribution < 1.29 is 4.42 Å². The van der Waals surface area contributed by atoms with Gasteiger partial charge in [0.15, 0.2) is 0 Å². The SMILES string of the molecule is Cc1cc(C)c2oc3cc(-n4c5ccccc5c5c6c(ccc54)-c4ccccc4C6(C)C)ccc3c(=O)c2c1. The zero-order chi connectivity index (χ0) is 26.6. The first-order chi connectivity index (χ1) is 18.8. The molecule has 7 aromatic rings. The lowest BCUT2D eigenvalue weighted by atomic mass is 9.80. The highest BCUT2D eigenvalue weighted by Crippen LogP contribution is 2.53. The summed E-state index contributed by atoms with van der Waals surface area (Å²) >= 11 is 0. The molecule has 0 spiro atoms. The molecule has 0 amide bonds. The van der Waals surface area contributed by atoms with Gasteiger partial charge in [0.1, 0.15) is 11.2 Å². The minimum atomic E-state index is -0.120. The third kappa shape index (κ3) is 2.85. The second kappa shape index (κ2) is 7.48. The minimum absolute atomic E-state index is 0.0177. The van der Waals surface area contributed by atoms with Gasteiger partial charge in [0.25, 0.3) is 0 Å². The molecule has 0 saturated carbocycles. The van der Waals surface area contributed by atoms with Crippen LogP contribution in [-0.2, 0) is 5.41 Å². The molecular weight excluding hydrogens is 478 g/mol. The van der Waals surface area contributed by atoms with E-state index in [0.717, 1.165) is 27.8 Å². The fraction of sp³-hybridized carbons (Fsp3) is 0.139. The second-order valence-electron chi connectivity index (χ2n) is 11.5. The zero-order valence-electron chi connectivity index (χ0n) is 22.4. The quantitative estimate of drug-likeness (QED) is 0.209. The number of hydrogen-bond donors (Lipinski definition) is 0. The number of aromatic nitrogens is 1. The van der Waals surface area contributed by atoms with Gasteiger partial charge in [-0.05, 0) is 77.6 Å². The number of aryl methyl sites for hydroxylation is 2. The molecule has 0 aliphatic heterocycles. The summed E-state index contributed by atoms with van der Waals surface area (Å²) in [6.45, 7) is 8.69. The first-order valence-corrected chi connectivity index (χ1v) is 13.5. The summed E-state index contributed by atoms with van der Waals surface area (Å²) in [7, 11) is 0. The predicted molar refractivity (Wildman–Crippen MR) is 161 cm³/mol. The number of fused-ring (bicyclic) bond motifs is 9. The lowest BCUT2D eigenvalue weighted by Crippen LogP contribution is -2.15. The van der Waals surface area contributed by atoms with Crippen LogP contribution in [0.4, 0.5) is 0 Å². The van der Waals surface area contributed by atoms with E-state index in [0.29, 0.717) is 21.9 Å². The summed E-state index contributed by atoms with van der Waals surface area (Å²) in [5, 5.41) is 3.77. The Morgan fingerprint density at radius 3 is 2.38 bits per heavy atom. The third-order valence-electron chi connectivity index (χ3n) is 8.70. The number of para-hydroxylation sites is 1. The summed E-state index contributed by atoms with van der Waals surface area (Å²) in [4.78, 5) is 13.5. The molecule has 0 atom stereocenters. The van der Waals surface area contributed by atoms with E-state index in [2.05, 4.69) is 85.1 Å². The van der Waals surface area contributed by atoms with E-state index in [1.54, 1.807) is 0 Å². The van der Waals surface area contributed by atoms with Crippen LogP contribution in [0.1, 0.15) is 36.1 Å². The van der Waals surface area contributed by atoms with E-state index in [9.17, 15) is 4.79 Å². The lowest BCUT2D eigenvalue weighted by Gasteiger charge is -2.22. The highest BCUT2D eigenvalue weighted by atomic mass is 16.3. The fourth-order valence-electron chi connectivity index (χ4n) is 7.05. The molecule has 0 fully saturated rings. The number of hydrogen-bond acceptors (Lipinski definition) is 2. The number of nitrogens with zero attached hydrogens (tertiary/aromatic N) is 1. The molecule has 1 aliphatic carbocycles. The molecule has 5 aromatic carbocycles. The van der Waals surface area contributed by atoms with Gasteiger partial charge in [-0.3, -0.25) is 4.79 Å². The molecule has 0 radical (unpaired) electrons. The largest absolute Gasteiger partial charge is 0.455 e. The van der Waals surface area contributed by atoms with Crippen molar-refractivity contribution >= 4 is 43.7 Å². The van der Waals surface area contributed by atoms with Crippen molar-refractivity contribution in [3.63, 3.8) is 0 Å². The van der Waals surface area contributed by atoms with E-state index in [1.807, 2.05) is 38.1 Å². The van der Waals surface area contributed by atoms with E-state index < -0.39 is 0 Å². The van der Waals surface area contributed by atoms with Gasteiger partial charge in [0.2, 0.25) is 5.43 Å². The van der Waals surface area contributed by atoms with Crippen LogP contribution >= 0.6 is 0 Å². The van der Waals surface area contributed by atoms with Gasteiger partial charge in [-0.2, -0.15) is 0 Å². The van der Waals surface area contributed by atoms with Crippen molar-refractivity contribution in [2.24, 2.45) is 0 Å². The summed E-state index contributed by atoms with van der Waals surface area (Å²) in [6, 6.07) is 31.9. The van der Waals surface area contributed by atoms with Crippen molar-refractivity contribution in [3.8, 4) is 16.8 Å². The van der Waals surface area contributed by atoms with Crippen LogP contribution in [0.15, 0.2) is 100 Å². The standard InChI is InChI=1S/C36H27NO2/c1-20-17-21(2)35-27(18-20)34(38)26-14-13-22(19-31(26)39-35)37-29-12-8-6-10-25(29)32-30(37)16-15-24-23-9-5-7-11-28(23)36(3,4)33(24)32/h5-19H,1-4H3. The van der Waals surface area contributed by atoms with E-state index in [-0.39, 0.29) is 10.8 Å². The smallest absolute Gasteiger partial charge is 0.200 e. The predicted octanol–water partition coefficient (Wildman–Crippen LogP) is 8.97. The Morgan fingerprint density at radius 1 is 0.718 bits per heavy atom. The van der Waals surface area contributed by atoms with Crippen LogP contribution in [0, 0.1) is 13.8 Å².